The van der Waals surface area contributed by atoms with Crippen molar-refractivity contribution >= 4 is 22.3 Å². The zero-order chi connectivity index (χ0) is 16.0. The number of rotatable bonds is 6. The number of nitrogens with zero attached hydrogens (tertiary/aromatic N) is 3. The van der Waals surface area contributed by atoms with Gasteiger partial charge in [-0.2, -0.15) is 17.0 Å². The van der Waals surface area contributed by atoms with E-state index < -0.39 is 22.3 Å². The summed E-state index contributed by atoms with van der Waals surface area (Å²) < 4.78 is 31.6. The number of ether oxygens (including phenoxy) is 1. The Bertz CT molecular complexity index is 472. The van der Waals surface area contributed by atoms with Gasteiger partial charge in [-0.1, -0.05) is 0 Å². The second-order valence-corrected chi connectivity index (χ2v) is 6.59. The van der Waals surface area contributed by atoms with Gasteiger partial charge in [0, 0.05) is 39.8 Å². The van der Waals surface area contributed by atoms with Crippen LogP contribution in [0.4, 0.5) is 4.79 Å². The first-order chi connectivity index (χ1) is 9.78. The lowest BCUT2D eigenvalue weighted by Crippen LogP contribution is -2.53. The minimum Gasteiger partial charge on any atom is -0.481 e. The molecule has 10 heteroatoms. The Morgan fingerprint density at radius 2 is 1.81 bits per heavy atom. The van der Waals surface area contributed by atoms with Crippen molar-refractivity contribution in [1.82, 2.24) is 13.5 Å². The Kier molecular flexibility index (Phi) is 6.37. The summed E-state index contributed by atoms with van der Waals surface area (Å²) in [4.78, 5) is 23.5. The number of piperazine rings is 1. The second-order valence-electron chi connectivity index (χ2n) is 4.56. The van der Waals surface area contributed by atoms with Crippen LogP contribution < -0.4 is 0 Å². The maximum absolute atomic E-state index is 12.2. The number of hydrogen-bond donors (Lipinski definition) is 1. The molecule has 1 aliphatic rings. The van der Waals surface area contributed by atoms with Crippen molar-refractivity contribution in [1.29, 1.82) is 0 Å². The molecule has 0 radical (unpaired) electrons. The third-order valence-corrected chi connectivity index (χ3v) is 5.11. The number of aliphatic carboxylic acids is 1. The Labute approximate surface area is 124 Å². The van der Waals surface area contributed by atoms with Gasteiger partial charge in [-0.15, -0.1) is 0 Å². The summed E-state index contributed by atoms with van der Waals surface area (Å²) in [6, 6.07) is 0. The molecular weight excluding hydrogens is 302 g/mol. The molecule has 1 amide bonds. The van der Waals surface area contributed by atoms with Crippen LogP contribution in [0.1, 0.15) is 13.3 Å². The molecule has 0 unspecified atom stereocenters. The number of carbonyl (C=O) groups excluding carboxylic acids is 1. The van der Waals surface area contributed by atoms with Crippen LogP contribution in [-0.2, 0) is 19.7 Å². The Balaban J connectivity index is 2.55. The van der Waals surface area contributed by atoms with Gasteiger partial charge in [-0.3, -0.25) is 4.79 Å². The molecule has 21 heavy (non-hydrogen) atoms. The van der Waals surface area contributed by atoms with Crippen LogP contribution in [-0.4, -0.2) is 85.5 Å². The summed E-state index contributed by atoms with van der Waals surface area (Å²) in [5, 5.41) is 8.59. The third-order valence-electron chi connectivity index (χ3n) is 3.13. The van der Waals surface area contributed by atoms with Crippen LogP contribution in [0.2, 0.25) is 0 Å². The second kappa shape index (κ2) is 7.57. The van der Waals surface area contributed by atoms with Crippen molar-refractivity contribution < 1.29 is 27.9 Å². The van der Waals surface area contributed by atoms with Gasteiger partial charge in [0.05, 0.1) is 13.0 Å². The van der Waals surface area contributed by atoms with Crippen LogP contribution in [0, 0.1) is 0 Å². The van der Waals surface area contributed by atoms with Gasteiger partial charge < -0.3 is 14.7 Å². The topological polar surface area (TPSA) is 107 Å². The molecule has 0 aromatic rings. The van der Waals surface area contributed by atoms with Crippen LogP contribution in [0.3, 0.4) is 0 Å². The van der Waals surface area contributed by atoms with Gasteiger partial charge in [-0.25, -0.2) is 4.79 Å². The van der Waals surface area contributed by atoms with Crippen molar-refractivity contribution in [2.75, 3.05) is 46.4 Å². The Morgan fingerprint density at radius 3 is 2.29 bits per heavy atom. The van der Waals surface area contributed by atoms with Crippen molar-refractivity contribution in [3.8, 4) is 0 Å². The maximum Gasteiger partial charge on any atom is 0.409 e. The first kappa shape index (κ1) is 17.7. The molecule has 1 N–H and O–H groups in total. The number of hydrogen-bond acceptors (Lipinski definition) is 5. The van der Waals surface area contributed by atoms with Crippen LogP contribution in [0.25, 0.3) is 0 Å². The lowest BCUT2D eigenvalue weighted by atomic mass is 10.4. The zero-order valence-electron chi connectivity index (χ0n) is 12.2. The summed E-state index contributed by atoms with van der Waals surface area (Å²) in [6.45, 7) is 2.73. The molecular formula is C11H21N3O6S. The smallest absolute Gasteiger partial charge is 0.409 e. The zero-order valence-corrected chi connectivity index (χ0v) is 13.0. The molecule has 0 saturated carbocycles. The van der Waals surface area contributed by atoms with Gasteiger partial charge in [0.2, 0.25) is 0 Å². The number of carbonyl (C=O) groups is 2. The molecule has 0 aromatic heterocycles. The average Bonchev–Trinajstić information content (AvgIpc) is 2.45. The highest BCUT2D eigenvalue weighted by molar-refractivity contribution is 7.86. The van der Waals surface area contributed by atoms with Crippen molar-refractivity contribution in [2.45, 2.75) is 13.3 Å². The van der Waals surface area contributed by atoms with E-state index in [1.54, 1.807) is 6.92 Å². The molecule has 1 fully saturated rings. The minimum atomic E-state index is -3.69. The summed E-state index contributed by atoms with van der Waals surface area (Å²) in [5.74, 6) is -1.05. The molecule has 1 aliphatic heterocycles. The fourth-order valence-electron chi connectivity index (χ4n) is 1.88. The molecule has 0 aromatic carbocycles. The Hall–Kier alpha value is -1.39. The number of amides is 1. The first-order valence-electron chi connectivity index (χ1n) is 6.64. The molecule has 9 nitrogen and oxygen atoms in total. The van der Waals surface area contributed by atoms with E-state index in [9.17, 15) is 18.0 Å². The highest BCUT2D eigenvalue weighted by atomic mass is 32.2. The van der Waals surface area contributed by atoms with Gasteiger partial charge >= 0.3 is 12.1 Å². The van der Waals surface area contributed by atoms with E-state index in [1.165, 1.54) is 16.3 Å². The van der Waals surface area contributed by atoms with Crippen LogP contribution in [0.15, 0.2) is 0 Å². The van der Waals surface area contributed by atoms with Gasteiger partial charge in [0.1, 0.15) is 0 Å². The van der Waals surface area contributed by atoms with Crippen molar-refractivity contribution in [2.24, 2.45) is 0 Å². The summed E-state index contributed by atoms with van der Waals surface area (Å²) in [5.41, 5.74) is 0. The summed E-state index contributed by atoms with van der Waals surface area (Å²) >= 11 is 0. The molecule has 0 atom stereocenters. The predicted molar refractivity (Wildman–Crippen MR) is 74.0 cm³/mol. The van der Waals surface area contributed by atoms with Gasteiger partial charge in [0.15, 0.2) is 0 Å². The van der Waals surface area contributed by atoms with Crippen LogP contribution >= 0.6 is 0 Å². The van der Waals surface area contributed by atoms with E-state index in [0.29, 0.717) is 0 Å². The van der Waals surface area contributed by atoms with E-state index in [4.69, 9.17) is 9.84 Å². The lowest BCUT2D eigenvalue weighted by Gasteiger charge is -2.35. The lowest BCUT2D eigenvalue weighted by molar-refractivity contribution is -0.137. The molecule has 0 aliphatic carbocycles. The van der Waals surface area contributed by atoms with E-state index in [-0.39, 0.29) is 45.8 Å². The standard InChI is InChI=1S/C11H21N3O6S/c1-3-20-11(17)13-6-8-14(9-7-13)21(18,19)12(2)5-4-10(15)16/h3-9H2,1-2H3,(H,15,16). The minimum absolute atomic E-state index is 0.0875. The average molecular weight is 323 g/mol. The molecule has 1 heterocycles. The van der Waals surface area contributed by atoms with E-state index in [2.05, 4.69) is 0 Å². The Morgan fingerprint density at radius 1 is 1.24 bits per heavy atom. The highest BCUT2D eigenvalue weighted by Gasteiger charge is 2.32. The SMILES string of the molecule is CCOC(=O)N1CCN(S(=O)(=O)N(C)CCC(=O)O)CC1. The molecule has 122 valence electrons. The molecule has 0 spiro atoms. The molecule has 1 saturated heterocycles. The van der Waals surface area contributed by atoms with Crippen molar-refractivity contribution in [3.05, 3.63) is 0 Å². The monoisotopic (exact) mass is 323 g/mol. The van der Waals surface area contributed by atoms with Crippen molar-refractivity contribution in [3.63, 3.8) is 0 Å². The largest absolute Gasteiger partial charge is 0.481 e. The maximum atomic E-state index is 12.2. The number of carboxylic acid groups (broad SMARTS) is 1. The van der Waals surface area contributed by atoms with E-state index in [0.717, 1.165) is 4.31 Å². The van der Waals surface area contributed by atoms with Gasteiger partial charge in [-0.05, 0) is 6.92 Å². The highest BCUT2D eigenvalue weighted by Crippen LogP contribution is 2.12. The summed E-state index contributed by atoms with van der Waals surface area (Å²) in [6.07, 6.45) is -0.702. The fraction of sp³-hybridized carbons (Fsp3) is 0.818. The quantitative estimate of drug-likeness (QED) is 0.700. The summed E-state index contributed by atoms with van der Waals surface area (Å²) in [7, 11) is -2.35. The predicted octanol–water partition coefficient (Wildman–Crippen LogP) is -0.588. The fourth-order valence-corrected chi connectivity index (χ4v) is 3.22. The third kappa shape index (κ3) is 4.83. The van der Waals surface area contributed by atoms with E-state index >= 15 is 0 Å². The van der Waals surface area contributed by atoms with Gasteiger partial charge in [0.25, 0.3) is 10.2 Å². The number of carboxylic acids is 1. The first-order valence-corrected chi connectivity index (χ1v) is 8.03. The molecule has 1 rings (SSSR count). The molecule has 0 bridgehead atoms. The van der Waals surface area contributed by atoms with E-state index in [1.807, 2.05) is 0 Å². The normalized spacial score (nSPS) is 17.0. The van der Waals surface area contributed by atoms with Crippen LogP contribution in [0.5, 0.6) is 0 Å².